The van der Waals surface area contributed by atoms with E-state index < -0.39 is 4.92 Å². The van der Waals surface area contributed by atoms with E-state index in [0.29, 0.717) is 17.9 Å². The van der Waals surface area contributed by atoms with Crippen LogP contribution >= 0.6 is 0 Å². The Bertz CT molecular complexity index is 1270. The zero-order valence-corrected chi connectivity index (χ0v) is 21.2. The fraction of sp³-hybridized carbons (Fsp3) is 0.296. The van der Waals surface area contributed by atoms with E-state index in [9.17, 15) is 19.7 Å². The van der Waals surface area contributed by atoms with Crippen molar-refractivity contribution in [3.8, 4) is 5.69 Å². The molecule has 0 unspecified atom stereocenters. The van der Waals surface area contributed by atoms with Gasteiger partial charge in [0.25, 0.3) is 5.69 Å². The lowest BCUT2D eigenvalue weighted by Crippen LogP contribution is -2.37. The monoisotopic (exact) mass is 489 g/mol. The summed E-state index contributed by atoms with van der Waals surface area (Å²) in [6.45, 7) is 10.1. The Morgan fingerprint density at radius 3 is 2.31 bits per heavy atom. The standard InChI is InChI=1S/C27H31N5O4/c1-6-30(26(34)16-11-20-9-14-22(15-10-20)32(35)36)18-25(33)28-24-17-23(27(3,4)5)29-31(24)21-12-7-19(2)8-13-21/h7-17H,6,18H2,1-5H3,(H,28,33)/b16-11+. The average molecular weight is 490 g/mol. The summed E-state index contributed by atoms with van der Waals surface area (Å²) in [7, 11) is 0. The molecule has 2 aromatic carbocycles. The van der Waals surface area contributed by atoms with Crippen molar-refractivity contribution in [3.05, 3.63) is 87.6 Å². The third-order valence-corrected chi connectivity index (χ3v) is 5.57. The van der Waals surface area contributed by atoms with Gasteiger partial charge in [-0.1, -0.05) is 38.5 Å². The molecule has 3 rings (SSSR count). The summed E-state index contributed by atoms with van der Waals surface area (Å²) in [4.78, 5) is 37.3. The van der Waals surface area contributed by atoms with Crippen LogP contribution < -0.4 is 5.32 Å². The van der Waals surface area contributed by atoms with Gasteiger partial charge in [0, 0.05) is 36.2 Å². The Morgan fingerprint density at radius 2 is 1.75 bits per heavy atom. The Morgan fingerprint density at radius 1 is 1.11 bits per heavy atom. The normalized spacial score (nSPS) is 11.5. The number of rotatable bonds is 8. The molecule has 0 saturated carbocycles. The quantitative estimate of drug-likeness (QED) is 0.275. The summed E-state index contributed by atoms with van der Waals surface area (Å²) < 4.78 is 1.70. The van der Waals surface area contributed by atoms with Gasteiger partial charge in [-0.3, -0.25) is 19.7 Å². The molecule has 0 bridgehead atoms. The molecule has 1 aromatic heterocycles. The molecule has 0 aliphatic heterocycles. The van der Waals surface area contributed by atoms with E-state index in [4.69, 9.17) is 5.10 Å². The second-order valence-electron chi connectivity index (χ2n) is 9.49. The van der Waals surface area contributed by atoms with Crippen LogP contribution in [0.4, 0.5) is 11.5 Å². The van der Waals surface area contributed by atoms with Gasteiger partial charge in [-0.15, -0.1) is 0 Å². The second kappa shape index (κ2) is 11.0. The largest absolute Gasteiger partial charge is 0.330 e. The highest BCUT2D eigenvalue weighted by Gasteiger charge is 2.22. The third kappa shape index (κ3) is 6.65. The van der Waals surface area contributed by atoms with Crippen molar-refractivity contribution in [3.63, 3.8) is 0 Å². The Hall–Kier alpha value is -4.27. The highest BCUT2D eigenvalue weighted by atomic mass is 16.6. The van der Waals surface area contributed by atoms with Crippen molar-refractivity contribution in [1.82, 2.24) is 14.7 Å². The van der Waals surface area contributed by atoms with Gasteiger partial charge >= 0.3 is 0 Å². The molecule has 9 nitrogen and oxygen atoms in total. The first-order valence-corrected chi connectivity index (χ1v) is 11.7. The van der Waals surface area contributed by atoms with Gasteiger partial charge in [0.15, 0.2) is 0 Å². The van der Waals surface area contributed by atoms with Crippen molar-refractivity contribution in [2.24, 2.45) is 0 Å². The molecule has 9 heteroatoms. The number of nitrogens with one attached hydrogen (secondary N) is 1. The maximum Gasteiger partial charge on any atom is 0.269 e. The molecule has 0 aliphatic rings. The lowest BCUT2D eigenvalue weighted by atomic mass is 9.92. The first-order chi connectivity index (χ1) is 17.0. The zero-order valence-electron chi connectivity index (χ0n) is 21.2. The van der Waals surface area contributed by atoms with E-state index in [2.05, 4.69) is 26.1 Å². The smallest absolute Gasteiger partial charge is 0.269 e. The van der Waals surface area contributed by atoms with Crippen LogP contribution in [0.5, 0.6) is 0 Å². The van der Waals surface area contributed by atoms with Gasteiger partial charge in [-0.05, 0) is 49.8 Å². The number of likely N-dealkylation sites (N-methyl/N-ethyl adjacent to an activating group) is 1. The fourth-order valence-corrected chi connectivity index (χ4v) is 3.40. The van der Waals surface area contributed by atoms with Gasteiger partial charge in [-0.2, -0.15) is 5.10 Å². The number of nitro groups is 1. The maximum absolute atomic E-state index is 12.9. The third-order valence-electron chi connectivity index (χ3n) is 5.57. The number of anilines is 1. The van der Waals surface area contributed by atoms with E-state index in [-0.39, 0.29) is 29.5 Å². The summed E-state index contributed by atoms with van der Waals surface area (Å²) in [5.41, 5.74) is 3.17. The predicted molar refractivity (Wildman–Crippen MR) is 140 cm³/mol. The molecule has 0 spiro atoms. The molecule has 1 heterocycles. The van der Waals surface area contributed by atoms with Gasteiger partial charge < -0.3 is 10.2 Å². The summed E-state index contributed by atoms with van der Waals surface area (Å²) in [6.07, 6.45) is 2.92. The van der Waals surface area contributed by atoms with Crippen LogP contribution in [0.2, 0.25) is 0 Å². The molecule has 0 aliphatic carbocycles. The summed E-state index contributed by atoms with van der Waals surface area (Å²) in [6, 6.07) is 15.6. The first kappa shape index (κ1) is 26.3. The van der Waals surface area contributed by atoms with Crippen LogP contribution in [0.25, 0.3) is 11.8 Å². The summed E-state index contributed by atoms with van der Waals surface area (Å²) in [5, 5.41) is 18.4. The molecular weight excluding hydrogens is 458 g/mol. The zero-order chi connectivity index (χ0) is 26.5. The van der Waals surface area contributed by atoms with Crippen LogP contribution in [0.1, 0.15) is 44.5 Å². The van der Waals surface area contributed by atoms with Gasteiger partial charge in [0.2, 0.25) is 11.8 Å². The molecule has 36 heavy (non-hydrogen) atoms. The number of hydrogen-bond donors (Lipinski definition) is 1. The Labute approximate surface area is 210 Å². The number of amides is 2. The van der Waals surface area contributed by atoms with Crippen LogP contribution in [0, 0.1) is 17.0 Å². The lowest BCUT2D eigenvalue weighted by molar-refractivity contribution is -0.384. The molecule has 3 aromatic rings. The lowest BCUT2D eigenvalue weighted by Gasteiger charge is -2.19. The number of carbonyl (C=O) groups is 2. The number of non-ortho nitro benzene ring substituents is 1. The van der Waals surface area contributed by atoms with Gasteiger partial charge in [0.1, 0.15) is 12.4 Å². The highest BCUT2D eigenvalue weighted by Crippen LogP contribution is 2.26. The van der Waals surface area contributed by atoms with E-state index in [1.54, 1.807) is 29.8 Å². The predicted octanol–water partition coefficient (Wildman–Crippen LogP) is 4.89. The Balaban J connectivity index is 1.73. The molecule has 0 fully saturated rings. The van der Waals surface area contributed by atoms with E-state index in [1.165, 1.54) is 23.1 Å². The summed E-state index contributed by atoms with van der Waals surface area (Å²) >= 11 is 0. The number of nitrogens with zero attached hydrogens (tertiary/aromatic N) is 4. The van der Waals surface area contributed by atoms with Gasteiger partial charge in [0.05, 0.1) is 16.3 Å². The number of benzene rings is 2. The average Bonchev–Trinajstić information content (AvgIpc) is 3.26. The topological polar surface area (TPSA) is 110 Å². The number of carbonyl (C=O) groups excluding carboxylic acids is 2. The molecule has 2 amide bonds. The van der Waals surface area contributed by atoms with Crippen LogP contribution in [0.15, 0.2) is 60.7 Å². The minimum absolute atomic E-state index is 0.0233. The number of aromatic nitrogens is 2. The van der Waals surface area contributed by atoms with E-state index in [0.717, 1.165) is 16.9 Å². The number of nitro benzene ring substituents is 1. The molecule has 188 valence electrons. The maximum atomic E-state index is 12.9. The van der Waals surface area contributed by atoms with Crippen LogP contribution in [0.3, 0.4) is 0 Å². The van der Waals surface area contributed by atoms with Crippen LogP contribution in [-0.4, -0.2) is 44.5 Å². The van der Waals surface area contributed by atoms with Crippen LogP contribution in [-0.2, 0) is 15.0 Å². The van der Waals surface area contributed by atoms with E-state index in [1.807, 2.05) is 37.3 Å². The van der Waals surface area contributed by atoms with Crippen molar-refractivity contribution in [2.75, 3.05) is 18.4 Å². The second-order valence-corrected chi connectivity index (χ2v) is 9.49. The van der Waals surface area contributed by atoms with Crippen molar-refractivity contribution in [1.29, 1.82) is 0 Å². The van der Waals surface area contributed by atoms with Crippen molar-refractivity contribution in [2.45, 2.75) is 40.0 Å². The van der Waals surface area contributed by atoms with E-state index >= 15 is 0 Å². The number of hydrogen-bond acceptors (Lipinski definition) is 5. The molecule has 1 N–H and O–H groups in total. The summed E-state index contributed by atoms with van der Waals surface area (Å²) in [5.74, 6) is -0.158. The Kier molecular flexibility index (Phi) is 8.03. The highest BCUT2D eigenvalue weighted by molar-refractivity contribution is 5.97. The number of aryl methyl sites for hydroxylation is 1. The molecular formula is C27H31N5O4. The molecule has 0 radical (unpaired) electrons. The first-order valence-electron chi connectivity index (χ1n) is 11.7. The SMILES string of the molecule is CCN(CC(=O)Nc1cc(C(C)(C)C)nn1-c1ccc(C)cc1)C(=O)/C=C/c1ccc([N+](=O)[O-])cc1. The van der Waals surface area contributed by atoms with Crippen molar-refractivity contribution < 1.29 is 14.5 Å². The molecule has 0 saturated heterocycles. The minimum atomic E-state index is -0.481. The van der Waals surface area contributed by atoms with Crippen molar-refractivity contribution >= 4 is 29.4 Å². The van der Waals surface area contributed by atoms with Gasteiger partial charge in [-0.25, -0.2) is 4.68 Å². The molecule has 0 atom stereocenters. The minimum Gasteiger partial charge on any atom is -0.330 e. The fourth-order valence-electron chi connectivity index (χ4n) is 3.40.